The van der Waals surface area contributed by atoms with Crippen LogP contribution in [0.5, 0.6) is 11.5 Å². The van der Waals surface area contributed by atoms with Crippen LogP contribution in [0.2, 0.25) is 0 Å². The van der Waals surface area contributed by atoms with Crippen molar-refractivity contribution in [3.8, 4) is 11.5 Å². The van der Waals surface area contributed by atoms with Crippen molar-refractivity contribution in [2.75, 3.05) is 19.9 Å². The van der Waals surface area contributed by atoms with Crippen molar-refractivity contribution in [2.45, 2.75) is 59.4 Å². The first kappa shape index (κ1) is 18.3. The van der Waals surface area contributed by atoms with Gasteiger partial charge in [0.05, 0.1) is 11.8 Å². The van der Waals surface area contributed by atoms with Gasteiger partial charge in [-0.25, -0.2) is 0 Å². The van der Waals surface area contributed by atoms with Crippen LogP contribution in [0.4, 0.5) is 0 Å². The maximum Gasteiger partial charge on any atom is 0.231 e. The minimum absolute atomic E-state index is 0.313. The van der Waals surface area contributed by atoms with E-state index in [4.69, 9.17) is 19.3 Å². The molecule has 0 aliphatic carbocycles. The molecule has 1 fully saturated rings. The van der Waals surface area contributed by atoms with Crippen LogP contribution in [-0.4, -0.2) is 40.7 Å². The predicted octanol–water partition coefficient (Wildman–Crippen LogP) is 3.43. The SMILES string of the molecule is CCn1nc(C)c(CN(Cc2ccc3c(c2)OCO3)CC2CCCO2)c1C. The molecule has 0 amide bonds. The average molecular weight is 371 g/mol. The lowest BCUT2D eigenvalue weighted by Gasteiger charge is -2.25. The van der Waals surface area contributed by atoms with Crippen molar-refractivity contribution in [2.24, 2.45) is 0 Å². The van der Waals surface area contributed by atoms with Crippen LogP contribution in [0.25, 0.3) is 0 Å². The number of rotatable bonds is 7. The van der Waals surface area contributed by atoms with Crippen molar-refractivity contribution >= 4 is 0 Å². The van der Waals surface area contributed by atoms with Crippen molar-refractivity contribution in [3.05, 3.63) is 40.7 Å². The van der Waals surface area contributed by atoms with Crippen LogP contribution in [0.3, 0.4) is 0 Å². The average Bonchev–Trinajstić information content (AvgIpc) is 3.38. The van der Waals surface area contributed by atoms with Gasteiger partial charge in [0.15, 0.2) is 11.5 Å². The third kappa shape index (κ3) is 3.96. The lowest BCUT2D eigenvalue weighted by molar-refractivity contribution is 0.0677. The molecule has 4 rings (SSSR count). The number of ether oxygens (including phenoxy) is 3. The minimum atomic E-state index is 0.313. The van der Waals surface area contributed by atoms with Gasteiger partial charge in [0.1, 0.15) is 0 Å². The normalized spacial score (nSPS) is 18.6. The molecule has 1 unspecified atom stereocenters. The predicted molar refractivity (Wildman–Crippen MR) is 103 cm³/mol. The van der Waals surface area contributed by atoms with Gasteiger partial charge in [-0.15, -0.1) is 0 Å². The summed E-state index contributed by atoms with van der Waals surface area (Å²) >= 11 is 0. The van der Waals surface area contributed by atoms with Crippen LogP contribution >= 0.6 is 0 Å². The first-order valence-corrected chi connectivity index (χ1v) is 9.89. The second kappa shape index (κ2) is 7.90. The molecule has 0 N–H and O–H groups in total. The number of aromatic nitrogens is 2. The van der Waals surface area contributed by atoms with Gasteiger partial charge in [0, 0.05) is 44.0 Å². The summed E-state index contributed by atoms with van der Waals surface area (Å²) in [6.45, 7) is 11.2. The lowest BCUT2D eigenvalue weighted by atomic mass is 10.1. The van der Waals surface area contributed by atoms with E-state index in [1.54, 1.807) is 0 Å². The third-order valence-corrected chi connectivity index (χ3v) is 5.54. The fraction of sp³-hybridized carbons (Fsp3) is 0.571. The standard InChI is InChI=1S/C21H29N3O3/c1-4-24-16(3)19(15(2)22-24)13-23(12-18-6-5-9-25-18)11-17-7-8-20-21(10-17)27-14-26-20/h7-8,10,18H,4-6,9,11-14H2,1-3H3. The largest absolute Gasteiger partial charge is 0.454 e. The summed E-state index contributed by atoms with van der Waals surface area (Å²) in [6.07, 6.45) is 2.62. The smallest absolute Gasteiger partial charge is 0.231 e. The van der Waals surface area contributed by atoms with Crippen LogP contribution < -0.4 is 9.47 Å². The van der Waals surface area contributed by atoms with Gasteiger partial charge in [-0.2, -0.15) is 5.10 Å². The third-order valence-electron chi connectivity index (χ3n) is 5.54. The maximum absolute atomic E-state index is 5.91. The molecule has 1 atom stereocenters. The molecule has 2 aliphatic heterocycles. The Hall–Kier alpha value is -2.05. The summed E-state index contributed by atoms with van der Waals surface area (Å²) in [5.41, 5.74) is 4.95. The van der Waals surface area contributed by atoms with Crippen molar-refractivity contribution in [1.29, 1.82) is 0 Å². The highest BCUT2D eigenvalue weighted by molar-refractivity contribution is 5.44. The van der Waals surface area contributed by atoms with Gasteiger partial charge in [-0.1, -0.05) is 6.07 Å². The monoisotopic (exact) mass is 371 g/mol. The summed E-state index contributed by atoms with van der Waals surface area (Å²) < 4.78 is 19.0. The minimum Gasteiger partial charge on any atom is -0.454 e. The zero-order valence-electron chi connectivity index (χ0n) is 16.5. The van der Waals surface area contributed by atoms with Crippen LogP contribution in [0, 0.1) is 13.8 Å². The Kier molecular flexibility index (Phi) is 5.36. The van der Waals surface area contributed by atoms with Gasteiger partial charge in [0.2, 0.25) is 6.79 Å². The molecular formula is C21H29N3O3. The van der Waals surface area contributed by atoms with Crippen molar-refractivity contribution < 1.29 is 14.2 Å². The molecule has 2 aromatic rings. The van der Waals surface area contributed by atoms with E-state index in [-0.39, 0.29) is 0 Å². The highest BCUT2D eigenvalue weighted by Crippen LogP contribution is 2.33. The van der Waals surface area contributed by atoms with E-state index in [1.807, 2.05) is 6.07 Å². The number of hydrogen-bond donors (Lipinski definition) is 0. The van der Waals surface area contributed by atoms with Gasteiger partial charge >= 0.3 is 0 Å². The molecule has 146 valence electrons. The Morgan fingerprint density at radius 1 is 1.19 bits per heavy atom. The zero-order valence-corrected chi connectivity index (χ0v) is 16.5. The zero-order chi connectivity index (χ0) is 18.8. The van der Waals surface area contributed by atoms with E-state index in [0.717, 1.165) is 62.8 Å². The van der Waals surface area contributed by atoms with Gasteiger partial charge in [-0.05, 0) is 51.3 Å². The van der Waals surface area contributed by atoms with Gasteiger partial charge in [-0.3, -0.25) is 9.58 Å². The Bertz CT molecular complexity index is 796. The van der Waals surface area contributed by atoms with E-state index < -0.39 is 0 Å². The molecule has 2 aliphatic rings. The highest BCUT2D eigenvalue weighted by Gasteiger charge is 2.22. The van der Waals surface area contributed by atoms with Crippen molar-refractivity contribution in [1.82, 2.24) is 14.7 Å². The summed E-state index contributed by atoms with van der Waals surface area (Å²) in [5, 5.41) is 4.69. The number of hydrogen-bond acceptors (Lipinski definition) is 5. The van der Waals surface area contributed by atoms with E-state index in [9.17, 15) is 0 Å². The number of aryl methyl sites for hydroxylation is 2. The van der Waals surface area contributed by atoms with Crippen LogP contribution in [0.1, 0.15) is 42.3 Å². The summed E-state index contributed by atoms with van der Waals surface area (Å²) in [4.78, 5) is 2.48. The van der Waals surface area contributed by atoms with E-state index in [2.05, 4.69) is 42.5 Å². The molecular weight excluding hydrogens is 342 g/mol. The summed E-state index contributed by atoms with van der Waals surface area (Å²) in [7, 11) is 0. The second-order valence-corrected chi connectivity index (χ2v) is 7.46. The summed E-state index contributed by atoms with van der Waals surface area (Å²) in [6, 6.07) is 6.23. The second-order valence-electron chi connectivity index (χ2n) is 7.46. The number of fused-ring (bicyclic) bond motifs is 1. The molecule has 0 bridgehead atoms. The highest BCUT2D eigenvalue weighted by atomic mass is 16.7. The number of benzene rings is 1. The van der Waals surface area contributed by atoms with Gasteiger partial charge < -0.3 is 14.2 Å². The first-order chi connectivity index (χ1) is 13.1. The first-order valence-electron chi connectivity index (χ1n) is 9.89. The Balaban J connectivity index is 1.54. The molecule has 0 radical (unpaired) electrons. The molecule has 1 saturated heterocycles. The topological polar surface area (TPSA) is 48.8 Å². The van der Waals surface area contributed by atoms with Crippen LogP contribution in [-0.2, 0) is 24.4 Å². The van der Waals surface area contributed by atoms with Crippen LogP contribution in [0.15, 0.2) is 18.2 Å². The molecule has 6 heteroatoms. The summed E-state index contributed by atoms with van der Waals surface area (Å²) in [5.74, 6) is 1.68. The Morgan fingerprint density at radius 2 is 2.04 bits per heavy atom. The molecule has 3 heterocycles. The molecule has 27 heavy (non-hydrogen) atoms. The molecule has 0 spiro atoms. The number of nitrogens with zero attached hydrogens (tertiary/aromatic N) is 3. The maximum atomic E-state index is 5.91. The molecule has 6 nitrogen and oxygen atoms in total. The Morgan fingerprint density at radius 3 is 2.78 bits per heavy atom. The lowest BCUT2D eigenvalue weighted by Crippen LogP contribution is -2.31. The fourth-order valence-electron chi connectivity index (χ4n) is 4.05. The molecule has 1 aromatic heterocycles. The van der Waals surface area contributed by atoms with Gasteiger partial charge in [0.25, 0.3) is 0 Å². The Labute approximate surface area is 161 Å². The van der Waals surface area contributed by atoms with Crippen molar-refractivity contribution in [3.63, 3.8) is 0 Å². The van der Waals surface area contributed by atoms with E-state index >= 15 is 0 Å². The van der Waals surface area contributed by atoms with E-state index in [0.29, 0.717) is 12.9 Å². The quantitative estimate of drug-likeness (QED) is 0.746. The molecule has 0 saturated carbocycles. The fourth-order valence-corrected chi connectivity index (χ4v) is 4.05. The van der Waals surface area contributed by atoms with E-state index in [1.165, 1.54) is 16.8 Å². The molecule has 1 aromatic carbocycles.